The highest BCUT2D eigenvalue weighted by Gasteiger charge is 2.31. The van der Waals surface area contributed by atoms with Crippen LogP contribution in [0.5, 0.6) is 0 Å². The summed E-state index contributed by atoms with van der Waals surface area (Å²) < 4.78 is 5.39. The van der Waals surface area contributed by atoms with Crippen molar-refractivity contribution in [3.05, 3.63) is 65.2 Å². The molecule has 2 aromatic rings. The third-order valence-electron chi connectivity index (χ3n) is 4.74. The van der Waals surface area contributed by atoms with Crippen LogP contribution in [0.2, 0.25) is 0 Å². The Balaban J connectivity index is 1.81. The van der Waals surface area contributed by atoms with Crippen LogP contribution in [0.4, 0.5) is 10.5 Å². The number of carbonyl (C=O) groups excluding carboxylic acids is 1. The number of fused-ring (bicyclic) bond motifs is 1. The van der Waals surface area contributed by atoms with Crippen LogP contribution in [-0.2, 0) is 17.6 Å². The van der Waals surface area contributed by atoms with Gasteiger partial charge in [-0.15, -0.1) is 0 Å². The topological polar surface area (TPSA) is 65.4 Å². The molecule has 0 spiro atoms. The normalized spacial score (nSPS) is 14.6. The average Bonchev–Trinajstić information content (AvgIpc) is 2.94. The zero-order valence-corrected chi connectivity index (χ0v) is 17.1. The number of nitrogens with one attached hydrogen (secondary N) is 2. The van der Waals surface area contributed by atoms with Crippen LogP contribution in [0.25, 0.3) is 0 Å². The lowest BCUT2D eigenvalue weighted by Crippen LogP contribution is -2.47. The Bertz CT molecular complexity index is 853. The van der Waals surface area contributed by atoms with E-state index in [-0.39, 0.29) is 6.04 Å². The van der Waals surface area contributed by atoms with Crippen LogP contribution >= 0.6 is 0 Å². The van der Waals surface area contributed by atoms with Crippen molar-refractivity contribution in [2.45, 2.75) is 52.2 Å². The van der Waals surface area contributed by atoms with E-state index in [9.17, 15) is 4.79 Å². The van der Waals surface area contributed by atoms with Crippen molar-refractivity contribution in [2.75, 3.05) is 11.4 Å². The molecule has 5 nitrogen and oxygen atoms in total. The van der Waals surface area contributed by atoms with E-state index in [0.29, 0.717) is 18.8 Å². The molecule has 1 aliphatic heterocycles. The van der Waals surface area contributed by atoms with Gasteiger partial charge in [0, 0.05) is 18.7 Å². The SMILES string of the molecule is Cc1ccc(CC(CNC(=O)OC(C)(C)C)N2C(=N)Cc3ccccc32)cc1. The summed E-state index contributed by atoms with van der Waals surface area (Å²) in [5, 5.41) is 11.4. The monoisotopic (exact) mass is 379 g/mol. The van der Waals surface area contributed by atoms with Crippen molar-refractivity contribution in [3.63, 3.8) is 0 Å². The molecule has 0 saturated heterocycles. The summed E-state index contributed by atoms with van der Waals surface area (Å²) in [5.41, 5.74) is 4.06. The molecule has 2 N–H and O–H groups in total. The number of para-hydroxylation sites is 1. The maximum absolute atomic E-state index is 12.2. The van der Waals surface area contributed by atoms with E-state index in [0.717, 1.165) is 17.7 Å². The zero-order valence-electron chi connectivity index (χ0n) is 17.1. The number of nitrogens with zero attached hydrogens (tertiary/aromatic N) is 1. The maximum Gasteiger partial charge on any atom is 0.407 e. The van der Waals surface area contributed by atoms with Gasteiger partial charge < -0.3 is 15.0 Å². The molecule has 148 valence electrons. The highest BCUT2D eigenvalue weighted by atomic mass is 16.6. The van der Waals surface area contributed by atoms with Gasteiger partial charge in [0.05, 0.1) is 6.04 Å². The van der Waals surface area contributed by atoms with E-state index >= 15 is 0 Å². The second-order valence-electron chi connectivity index (χ2n) is 8.35. The van der Waals surface area contributed by atoms with Gasteiger partial charge in [0.1, 0.15) is 11.4 Å². The Hall–Kier alpha value is -2.82. The molecule has 0 saturated carbocycles. The minimum atomic E-state index is -0.538. The summed E-state index contributed by atoms with van der Waals surface area (Å²) in [7, 11) is 0. The summed E-state index contributed by atoms with van der Waals surface area (Å²) in [4.78, 5) is 14.2. The Morgan fingerprint density at radius 2 is 1.86 bits per heavy atom. The number of hydrogen-bond acceptors (Lipinski definition) is 3. The van der Waals surface area contributed by atoms with E-state index in [1.165, 1.54) is 11.1 Å². The molecule has 0 fully saturated rings. The molecule has 0 bridgehead atoms. The Morgan fingerprint density at radius 1 is 1.18 bits per heavy atom. The summed E-state index contributed by atoms with van der Waals surface area (Å²) in [5.74, 6) is 0.560. The van der Waals surface area contributed by atoms with Crippen molar-refractivity contribution in [2.24, 2.45) is 0 Å². The lowest BCUT2D eigenvalue weighted by molar-refractivity contribution is 0.0524. The first-order chi connectivity index (χ1) is 13.2. The Labute approximate surface area is 167 Å². The van der Waals surface area contributed by atoms with Crippen LogP contribution < -0.4 is 10.2 Å². The molecule has 3 rings (SSSR count). The second-order valence-corrected chi connectivity index (χ2v) is 8.35. The van der Waals surface area contributed by atoms with Crippen LogP contribution in [0.3, 0.4) is 0 Å². The van der Waals surface area contributed by atoms with Crippen molar-refractivity contribution in [1.82, 2.24) is 5.32 Å². The summed E-state index contributed by atoms with van der Waals surface area (Å²) in [6.45, 7) is 8.02. The molecular formula is C23H29N3O2. The molecule has 0 aromatic heterocycles. The van der Waals surface area contributed by atoms with E-state index in [4.69, 9.17) is 10.1 Å². The lowest BCUT2D eigenvalue weighted by Gasteiger charge is -2.31. The van der Waals surface area contributed by atoms with Gasteiger partial charge in [-0.1, -0.05) is 48.0 Å². The number of amides is 1. The molecule has 1 aliphatic rings. The smallest absolute Gasteiger partial charge is 0.407 e. The zero-order chi connectivity index (χ0) is 20.3. The minimum absolute atomic E-state index is 0.0635. The van der Waals surface area contributed by atoms with Gasteiger partial charge in [-0.3, -0.25) is 5.41 Å². The number of alkyl carbamates (subject to hydrolysis) is 1. The molecular weight excluding hydrogens is 350 g/mol. The number of anilines is 1. The first-order valence-electron chi connectivity index (χ1n) is 9.70. The fourth-order valence-electron chi connectivity index (χ4n) is 3.49. The number of carbonyl (C=O) groups is 1. The van der Waals surface area contributed by atoms with Gasteiger partial charge in [0.15, 0.2) is 0 Å². The molecule has 1 amide bonds. The van der Waals surface area contributed by atoms with E-state index in [1.54, 1.807) is 0 Å². The van der Waals surface area contributed by atoms with Crippen LogP contribution in [-0.4, -0.2) is 30.1 Å². The number of benzene rings is 2. The van der Waals surface area contributed by atoms with Crippen LogP contribution in [0, 0.1) is 12.3 Å². The summed E-state index contributed by atoms with van der Waals surface area (Å²) in [6, 6.07) is 16.5. The molecule has 1 atom stereocenters. The quantitative estimate of drug-likeness (QED) is 0.805. The van der Waals surface area contributed by atoms with Crippen molar-refractivity contribution in [1.29, 1.82) is 5.41 Å². The van der Waals surface area contributed by atoms with E-state index in [1.807, 2.05) is 43.9 Å². The lowest BCUT2D eigenvalue weighted by atomic mass is 10.0. The highest BCUT2D eigenvalue weighted by Crippen LogP contribution is 2.31. The highest BCUT2D eigenvalue weighted by molar-refractivity contribution is 6.03. The number of amidine groups is 1. The van der Waals surface area contributed by atoms with Crippen molar-refractivity contribution < 1.29 is 9.53 Å². The molecule has 1 heterocycles. The Kier molecular flexibility index (Phi) is 5.73. The largest absolute Gasteiger partial charge is 0.444 e. The van der Waals surface area contributed by atoms with Crippen LogP contribution in [0.1, 0.15) is 37.5 Å². The molecule has 0 radical (unpaired) electrons. The van der Waals surface area contributed by atoms with Gasteiger partial charge in [-0.2, -0.15) is 0 Å². The predicted octanol–water partition coefficient (Wildman–Crippen LogP) is 4.47. The minimum Gasteiger partial charge on any atom is -0.444 e. The van der Waals surface area contributed by atoms with E-state index in [2.05, 4.69) is 42.6 Å². The second kappa shape index (κ2) is 8.05. The van der Waals surface area contributed by atoms with Crippen LogP contribution in [0.15, 0.2) is 48.5 Å². The van der Waals surface area contributed by atoms with Gasteiger partial charge in [0.2, 0.25) is 0 Å². The standard InChI is InChI=1S/C23H29N3O2/c1-16-9-11-17(12-10-16)13-19(15-25-22(27)28-23(2,3)4)26-20-8-6-5-7-18(20)14-21(26)24/h5-12,19,24H,13-15H2,1-4H3,(H,25,27). The maximum atomic E-state index is 12.2. The first kappa shape index (κ1) is 19.9. The predicted molar refractivity (Wildman–Crippen MR) is 113 cm³/mol. The third-order valence-corrected chi connectivity index (χ3v) is 4.74. The first-order valence-corrected chi connectivity index (χ1v) is 9.70. The number of aryl methyl sites for hydroxylation is 1. The fraction of sp³-hybridized carbons (Fsp3) is 0.391. The van der Waals surface area contributed by atoms with Crippen molar-refractivity contribution >= 4 is 17.6 Å². The number of hydrogen-bond donors (Lipinski definition) is 2. The van der Waals surface area contributed by atoms with Gasteiger partial charge in [0.25, 0.3) is 0 Å². The Morgan fingerprint density at radius 3 is 2.54 bits per heavy atom. The molecule has 5 heteroatoms. The van der Waals surface area contributed by atoms with Crippen molar-refractivity contribution in [3.8, 4) is 0 Å². The summed E-state index contributed by atoms with van der Waals surface area (Å²) >= 11 is 0. The third kappa shape index (κ3) is 4.91. The number of ether oxygens (including phenoxy) is 1. The molecule has 28 heavy (non-hydrogen) atoms. The van der Waals surface area contributed by atoms with Gasteiger partial charge >= 0.3 is 6.09 Å². The van der Waals surface area contributed by atoms with E-state index < -0.39 is 11.7 Å². The number of rotatable bonds is 5. The summed E-state index contributed by atoms with van der Waals surface area (Å²) in [6.07, 6.45) is 0.917. The average molecular weight is 380 g/mol. The molecule has 0 aliphatic carbocycles. The fourth-order valence-corrected chi connectivity index (χ4v) is 3.49. The molecule has 1 unspecified atom stereocenters. The van der Waals surface area contributed by atoms with Gasteiger partial charge in [-0.25, -0.2) is 4.79 Å². The molecule has 2 aromatic carbocycles. The van der Waals surface area contributed by atoms with Gasteiger partial charge in [-0.05, 0) is 51.3 Å².